The van der Waals surface area contributed by atoms with Gasteiger partial charge in [0.15, 0.2) is 5.96 Å². The van der Waals surface area contributed by atoms with Gasteiger partial charge < -0.3 is 11.5 Å². The smallest absolute Gasteiger partial charge is 0.191 e. The molecular weight excluding hydrogens is 198 g/mol. The minimum absolute atomic E-state index is 0.189. The summed E-state index contributed by atoms with van der Waals surface area (Å²) in [4.78, 5) is 4.37. The Morgan fingerprint density at radius 2 is 1.50 bits per heavy atom. The lowest BCUT2D eigenvalue weighted by Gasteiger charge is -2.11. The highest BCUT2D eigenvalue weighted by atomic mass is 15.0. The number of benzene rings is 1. The summed E-state index contributed by atoms with van der Waals surface area (Å²) in [6, 6.07) is 2.39. The molecule has 0 amide bonds. The number of fused-ring (bicyclic) bond motifs is 2. The number of nitrogens with zero attached hydrogens (tertiary/aromatic N) is 1. The highest BCUT2D eigenvalue weighted by Crippen LogP contribution is 2.40. The van der Waals surface area contributed by atoms with Gasteiger partial charge in [-0.2, -0.15) is 0 Å². The fourth-order valence-electron chi connectivity index (χ4n) is 3.05. The number of nitrogens with two attached hydrogens (primary N) is 2. The lowest BCUT2D eigenvalue weighted by atomic mass is 9.99. The second kappa shape index (κ2) is 3.51. The van der Waals surface area contributed by atoms with Gasteiger partial charge in [0.2, 0.25) is 0 Å². The van der Waals surface area contributed by atoms with Crippen LogP contribution in [0.3, 0.4) is 0 Å². The molecule has 0 heterocycles. The summed E-state index contributed by atoms with van der Waals surface area (Å²) in [5, 5.41) is 0. The number of guanidine groups is 1. The van der Waals surface area contributed by atoms with Crippen LogP contribution < -0.4 is 11.5 Å². The Bertz CT molecular complexity index is 438. The van der Waals surface area contributed by atoms with Gasteiger partial charge in [-0.15, -0.1) is 0 Å². The van der Waals surface area contributed by atoms with Gasteiger partial charge >= 0.3 is 0 Å². The zero-order valence-electron chi connectivity index (χ0n) is 9.42. The molecule has 0 aliphatic heterocycles. The average molecular weight is 215 g/mol. The average Bonchev–Trinajstić information content (AvgIpc) is 2.83. The molecule has 0 bridgehead atoms. The van der Waals surface area contributed by atoms with E-state index in [0.717, 1.165) is 18.5 Å². The van der Waals surface area contributed by atoms with Gasteiger partial charge in [0.1, 0.15) is 0 Å². The van der Waals surface area contributed by atoms with Crippen LogP contribution in [0, 0.1) is 0 Å². The summed E-state index contributed by atoms with van der Waals surface area (Å²) in [7, 11) is 0. The van der Waals surface area contributed by atoms with Crippen LogP contribution in [-0.4, -0.2) is 5.96 Å². The molecule has 0 saturated heterocycles. The maximum absolute atomic E-state index is 5.54. The molecule has 2 aliphatic carbocycles. The van der Waals surface area contributed by atoms with Crippen LogP contribution in [0.4, 0.5) is 5.69 Å². The van der Waals surface area contributed by atoms with Crippen molar-refractivity contribution in [1.82, 2.24) is 0 Å². The fraction of sp³-hybridized carbons (Fsp3) is 0.462. The molecule has 4 N–H and O–H groups in total. The number of hydrogen-bond donors (Lipinski definition) is 2. The van der Waals surface area contributed by atoms with Crippen molar-refractivity contribution in [3.8, 4) is 0 Å². The zero-order chi connectivity index (χ0) is 11.1. The van der Waals surface area contributed by atoms with E-state index in [1.165, 1.54) is 47.9 Å². The van der Waals surface area contributed by atoms with Gasteiger partial charge in [-0.25, -0.2) is 4.99 Å². The lowest BCUT2D eigenvalue weighted by Crippen LogP contribution is -2.22. The first kappa shape index (κ1) is 9.70. The van der Waals surface area contributed by atoms with E-state index in [1.807, 2.05) is 0 Å². The van der Waals surface area contributed by atoms with Gasteiger partial charge in [0.25, 0.3) is 0 Å². The molecule has 0 radical (unpaired) electrons. The summed E-state index contributed by atoms with van der Waals surface area (Å²) in [5.41, 5.74) is 17.9. The molecule has 0 aromatic heterocycles. The van der Waals surface area contributed by atoms with Crippen LogP contribution in [0.2, 0.25) is 0 Å². The molecule has 3 heteroatoms. The summed E-state index contributed by atoms with van der Waals surface area (Å²) >= 11 is 0. The van der Waals surface area contributed by atoms with Crippen molar-refractivity contribution in [1.29, 1.82) is 0 Å². The van der Waals surface area contributed by atoms with Crippen molar-refractivity contribution in [2.75, 3.05) is 0 Å². The monoisotopic (exact) mass is 215 g/mol. The molecule has 3 nitrogen and oxygen atoms in total. The molecule has 16 heavy (non-hydrogen) atoms. The second-order valence-electron chi connectivity index (χ2n) is 4.74. The van der Waals surface area contributed by atoms with Gasteiger partial charge in [-0.3, -0.25) is 0 Å². The maximum Gasteiger partial charge on any atom is 0.191 e. The quantitative estimate of drug-likeness (QED) is 0.551. The van der Waals surface area contributed by atoms with Gasteiger partial charge in [0, 0.05) is 0 Å². The van der Waals surface area contributed by atoms with E-state index in [2.05, 4.69) is 11.1 Å². The summed E-state index contributed by atoms with van der Waals surface area (Å²) < 4.78 is 0. The largest absolute Gasteiger partial charge is 0.370 e. The van der Waals surface area contributed by atoms with Crippen LogP contribution in [0.5, 0.6) is 0 Å². The Kier molecular flexibility index (Phi) is 2.13. The van der Waals surface area contributed by atoms with Gasteiger partial charge in [0.05, 0.1) is 5.69 Å². The summed E-state index contributed by atoms with van der Waals surface area (Å²) in [6.45, 7) is 0. The van der Waals surface area contributed by atoms with E-state index in [-0.39, 0.29) is 5.96 Å². The number of aryl methyl sites for hydroxylation is 2. The predicted octanol–water partition coefficient (Wildman–Crippen LogP) is 1.57. The molecule has 0 unspecified atom stereocenters. The van der Waals surface area contributed by atoms with Crippen LogP contribution in [-0.2, 0) is 25.7 Å². The lowest BCUT2D eigenvalue weighted by molar-refractivity contribution is 0.897. The van der Waals surface area contributed by atoms with Crippen LogP contribution in [0.15, 0.2) is 11.1 Å². The fourth-order valence-corrected chi connectivity index (χ4v) is 3.05. The van der Waals surface area contributed by atoms with Gasteiger partial charge in [-0.1, -0.05) is 6.07 Å². The Morgan fingerprint density at radius 1 is 0.938 bits per heavy atom. The van der Waals surface area contributed by atoms with Crippen molar-refractivity contribution in [3.63, 3.8) is 0 Å². The molecule has 1 aromatic carbocycles. The molecule has 0 atom stereocenters. The molecule has 84 valence electrons. The minimum Gasteiger partial charge on any atom is -0.370 e. The van der Waals surface area contributed by atoms with Gasteiger partial charge in [-0.05, 0) is 60.8 Å². The molecule has 2 aliphatic rings. The van der Waals surface area contributed by atoms with Crippen molar-refractivity contribution in [2.24, 2.45) is 16.5 Å². The van der Waals surface area contributed by atoms with E-state index in [1.54, 1.807) is 0 Å². The molecular formula is C13H17N3. The Hall–Kier alpha value is -1.51. The first-order valence-corrected chi connectivity index (χ1v) is 6.02. The molecule has 0 spiro atoms. The topological polar surface area (TPSA) is 64.4 Å². The number of aliphatic imine (C=N–C) groups is 1. The van der Waals surface area contributed by atoms with E-state index in [9.17, 15) is 0 Å². The Morgan fingerprint density at radius 3 is 2.00 bits per heavy atom. The third kappa shape index (κ3) is 1.39. The van der Waals surface area contributed by atoms with E-state index >= 15 is 0 Å². The Labute approximate surface area is 95.5 Å². The zero-order valence-corrected chi connectivity index (χ0v) is 9.42. The molecule has 1 aromatic rings. The van der Waals surface area contributed by atoms with E-state index in [0.29, 0.717) is 0 Å². The van der Waals surface area contributed by atoms with Crippen molar-refractivity contribution >= 4 is 11.6 Å². The van der Waals surface area contributed by atoms with E-state index in [4.69, 9.17) is 11.5 Å². The third-order valence-electron chi connectivity index (χ3n) is 3.68. The number of rotatable bonds is 1. The SMILES string of the molecule is NC(N)=Nc1c2c(cc3c1CCC3)CCC2. The number of hydrogen-bond acceptors (Lipinski definition) is 1. The maximum atomic E-state index is 5.54. The first-order chi connectivity index (χ1) is 7.75. The highest BCUT2D eigenvalue weighted by Gasteiger charge is 2.23. The summed E-state index contributed by atoms with van der Waals surface area (Å²) in [6.07, 6.45) is 7.13. The first-order valence-electron chi connectivity index (χ1n) is 6.02. The highest BCUT2D eigenvalue weighted by molar-refractivity contribution is 5.81. The normalized spacial score (nSPS) is 17.0. The van der Waals surface area contributed by atoms with Crippen molar-refractivity contribution < 1.29 is 0 Å². The molecule has 3 rings (SSSR count). The predicted molar refractivity (Wildman–Crippen MR) is 66.0 cm³/mol. The van der Waals surface area contributed by atoms with Crippen LogP contribution >= 0.6 is 0 Å². The van der Waals surface area contributed by atoms with Crippen LogP contribution in [0.25, 0.3) is 0 Å². The Balaban J connectivity index is 2.23. The van der Waals surface area contributed by atoms with Crippen molar-refractivity contribution in [3.05, 3.63) is 28.3 Å². The third-order valence-corrected chi connectivity index (χ3v) is 3.68. The summed E-state index contributed by atoms with van der Waals surface area (Å²) in [5.74, 6) is 0.189. The van der Waals surface area contributed by atoms with Crippen molar-refractivity contribution in [2.45, 2.75) is 38.5 Å². The van der Waals surface area contributed by atoms with E-state index < -0.39 is 0 Å². The molecule has 0 saturated carbocycles. The molecule has 0 fully saturated rings. The second-order valence-corrected chi connectivity index (χ2v) is 4.74. The van der Waals surface area contributed by atoms with Crippen LogP contribution in [0.1, 0.15) is 35.1 Å². The minimum atomic E-state index is 0.189. The standard InChI is InChI=1S/C13H17N3/c14-13(15)16-12-10-5-1-3-8(10)7-9-4-2-6-11(9)12/h7H,1-6H2,(H4,14,15,16).